The molecule has 20 heavy (non-hydrogen) atoms. The molecule has 1 aromatic carbocycles. The number of carbonyl (C=O) groups is 1. The Hall–Kier alpha value is -1.59. The Labute approximate surface area is 119 Å². The number of aliphatic hydroxyl groups is 1. The molecule has 0 aliphatic carbocycles. The normalized spacial score (nSPS) is 14.4. The van der Waals surface area contributed by atoms with Crippen molar-refractivity contribution in [3.63, 3.8) is 0 Å². The van der Waals surface area contributed by atoms with E-state index in [-0.39, 0.29) is 24.7 Å². The van der Waals surface area contributed by atoms with Crippen LogP contribution in [0.15, 0.2) is 18.2 Å². The van der Waals surface area contributed by atoms with Crippen molar-refractivity contribution in [3.05, 3.63) is 23.8 Å². The van der Waals surface area contributed by atoms with Crippen molar-refractivity contribution < 1.29 is 14.6 Å². The van der Waals surface area contributed by atoms with Crippen LogP contribution in [0.3, 0.4) is 0 Å². The maximum Gasteiger partial charge on any atom is 0.262 e. The van der Waals surface area contributed by atoms with Crippen molar-refractivity contribution in [2.24, 2.45) is 0 Å². The van der Waals surface area contributed by atoms with Crippen molar-refractivity contribution in [3.8, 4) is 5.75 Å². The second-order valence-corrected chi connectivity index (χ2v) is 5.17. The number of aliphatic hydroxyl groups excluding tert-OH is 1. The van der Waals surface area contributed by atoms with Gasteiger partial charge in [0.25, 0.3) is 5.91 Å². The Bertz CT molecular complexity index is 476. The number of hydrogen-bond donors (Lipinski definition) is 3. The predicted octanol–water partition coefficient (Wildman–Crippen LogP) is 1.66. The van der Waals surface area contributed by atoms with Crippen LogP contribution in [-0.2, 0) is 11.3 Å². The molecule has 0 saturated heterocycles. The number of amides is 1. The molecule has 0 fully saturated rings. The zero-order valence-corrected chi connectivity index (χ0v) is 12.0. The van der Waals surface area contributed by atoms with Crippen LogP contribution < -0.4 is 15.4 Å². The van der Waals surface area contributed by atoms with Gasteiger partial charge >= 0.3 is 0 Å². The molecule has 1 heterocycles. The summed E-state index contributed by atoms with van der Waals surface area (Å²) in [5, 5.41) is 15.8. The molecule has 110 valence electrons. The van der Waals surface area contributed by atoms with Crippen molar-refractivity contribution in [1.82, 2.24) is 5.32 Å². The number of carbonyl (C=O) groups excluding carboxylic acids is 1. The summed E-state index contributed by atoms with van der Waals surface area (Å²) in [5.74, 6) is 0.571. The molecule has 5 heteroatoms. The summed E-state index contributed by atoms with van der Waals surface area (Å²) < 4.78 is 5.33. The van der Waals surface area contributed by atoms with E-state index in [1.807, 2.05) is 18.2 Å². The molecule has 0 aromatic heterocycles. The van der Waals surface area contributed by atoms with Gasteiger partial charge < -0.3 is 20.5 Å². The van der Waals surface area contributed by atoms with Crippen molar-refractivity contribution >= 4 is 11.6 Å². The Balaban J connectivity index is 2.07. The van der Waals surface area contributed by atoms with Crippen LogP contribution in [0.25, 0.3) is 0 Å². The number of benzene rings is 1. The van der Waals surface area contributed by atoms with Gasteiger partial charge in [-0.2, -0.15) is 0 Å². The van der Waals surface area contributed by atoms with E-state index in [2.05, 4.69) is 24.5 Å². The molecule has 1 amide bonds. The molecule has 5 nitrogen and oxygen atoms in total. The second kappa shape index (κ2) is 6.24. The van der Waals surface area contributed by atoms with Gasteiger partial charge in [0.1, 0.15) is 5.75 Å². The van der Waals surface area contributed by atoms with Gasteiger partial charge in [-0.15, -0.1) is 0 Å². The van der Waals surface area contributed by atoms with E-state index in [1.54, 1.807) is 0 Å². The van der Waals surface area contributed by atoms with Crippen LogP contribution >= 0.6 is 0 Å². The van der Waals surface area contributed by atoms with E-state index in [1.165, 1.54) is 0 Å². The van der Waals surface area contributed by atoms with Crippen LogP contribution in [0, 0.1) is 0 Å². The highest BCUT2D eigenvalue weighted by atomic mass is 16.5. The molecular weight excluding hydrogens is 256 g/mol. The van der Waals surface area contributed by atoms with E-state index in [9.17, 15) is 9.90 Å². The minimum atomic E-state index is -0.240. The van der Waals surface area contributed by atoms with E-state index in [0.717, 1.165) is 18.4 Å². The summed E-state index contributed by atoms with van der Waals surface area (Å²) in [7, 11) is 0. The third kappa shape index (κ3) is 3.11. The quantitative estimate of drug-likeness (QED) is 0.740. The summed E-state index contributed by atoms with van der Waals surface area (Å²) >= 11 is 0. The fourth-order valence-electron chi connectivity index (χ4n) is 2.31. The zero-order valence-electron chi connectivity index (χ0n) is 12.0. The zero-order chi connectivity index (χ0) is 14.6. The lowest BCUT2D eigenvalue weighted by atomic mass is 9.93. The molecule has 3 N–H and O–H groups in total. The Morgan fingerprint density at radius 1 is 1.40 bits per heavy atom. The molecule has 1 aliphatic rings. The maximum atomic E-state index is 11.3. The van der Waals surface area contributed by atoms with Gasteiger partial charge in [-0.1, -0.05) is 19.9 Å². The first-order valence-corrected chi connectivity index (χ1v) is 7.04. The fraction of sp³-hybridized carbons (Fsp3) is 0.533. The van der Waals surface area contributed by atoms with Gasteiger partial charge in [0.2, 0.25) is 0 Å². The minimum absolute atomic E-state index is 0.0733. The van der Waals surface area contributed by atoms with Crippen molar-refractivity contribution in [1.29, 1.82) is 0 Å². The van der Waals surface area contributed by atoms with Gasteiger partial charge in [-0.25, -0.2) is 0 Å². The Morgan fingerprint density at radius 3 is 2.80 bits per heavy atom. The first-order valence-electron chi connectivity index (χ1n) is 7.04. The van der Waals surface area contributed by atoms with Gasteiger partial charge in [0.15, 0.2) is 6.61 Å². The molecule has 1 aromatic rings. The summed E-state index contributed by atoms with van der Waals surface area (Å²) in [6, 6.07) is 5.74. The smallest absolute Gasteiger partial charge is 0.262 e. The van der Waals surface area contributed by atoms with Gasteiger partial charge in [0, 0.05) is 12.1 Å². The maximum absolute atomic E-state index is 11.3. The fourth-order valence-corrected chi connectivity index (χ4v) is 2.31. The number of nitrogens with one attached hydrogen (secondary N) is 2. The third-order valence-electron chi connectivity index (χ3n) is 4.00. The number of ether oxygens (including phenoxy) is 1. The summed E-state index contributed by atoms with van der Waals surface area (Å²) in [5.41, 5.74) is 1.52. The van der Waals surface area contributed by atoms with Crippen LogP contribution in [0.1, 0.15) is 32.3 Å². The highest BCUT2D eigenvalue weighted by Gasteiger charge is 2.24. The Morgan fingerprint density at radius 2 is 2.15 bits per heavy atom. The third-order valence-corrected chi connectivity index (χ3v) is 4.00. The average molecular weight is 278 g/mol. The van der Waals surface area contributed by atoms with Gasteiger partial charge in [-0.3, -0.25) is 4.79 Å². The molecule has 0 atom stereocenters. The van der Waals surface area contributed by atoms with Gasteiger partial charge in [-0.05, 0) is 30.5 Å². The number of rotatable bonds is 6. The topological polar surface area (TPSA) is 70.6 Å². The lowest BCUT2D eigenvalue weighted by molar-refractivity contribution is -0.118. The molecule has 0 bridgehead atoms. The summed E-state index contributed by atoms with van der Waals surface area (Å²) in [6.45, 7) is 4.96. The van der Waals surface area contributed by atoms with E-state index < -0.39 is 0 Å². The molecule has 1 aliphatic heterocycles. The van der Waals surface area contributed by atoms with Gasteiger partial charge in [0.05, 0.1) is 12.3 Å². The van der Waals surface area contributed by atoms with E-state index in [4.69, 9.17) is 4.74 Å². The minimum Gasteiger partial charge on any atom is -0.482 e. The largest absolute Gasteiger partial charge is 0.482 e. The molecule has 0 unspecified atom stereocenters. The lowest BCUT2D eigenvalue weighted by Gasteiger charge is -2.31. The molecule has 0 saturated carbocycles. The second-order valence-electron chi connectivity index (χ2n) is 5.17. The monoisotopic (exact) mass is 278 g/mol. The van der Waals surface area contributed by atoms with Crippen LogP contribution in [0.4, 0.5) is 5.69 Å². The number of anilines is 1. The van der Waals surface area contributed by atoms with Crippen LogP contribution in [-0.4, -0.2) is 29.8 Å². The first kappa shape index (κ1) is 14.8. The number of hydrogen-bond acceptors (Lipinski definition) is 4. The highest BCUT2D eigenvalue weighted by Crippen LogP contribution is 2.28. The Kier molecular flexibility index (Phi) is 4.62. The van der Waals surface area contributed by atoms with E-state index in [0.29, 0.717) is 18.0 Å². The van der Waals surface area contributed by atoms with E-state index >= 15 is 0 Å². The molecule has 0 spiro atoms. The summed E-state index contributed by atoms with van der Waals surface area (Å²) in [4.78, 5) is 11.3. The predicted molar refractivity (Wildman–Crippen MR) is 77.8 cm³/mol. The average Bonchev–Trinajstić information content (AvgIpc) is 2.49. The first-order chi connectivity index (χ1) is 9.62. The van der Waals surface area contributed by atoms with Crippen LogP contribution in [0.5, 0.6) is 5.75 Å². The standard InChI is InChI=1S/C15H22N2O3/c1-3-15(4-2,10-18)16-8-11-5-6-13-12(7-11)17-14(19)9-20-13/h5-7,16,18H,3-4,8-10H2,1-2H3,(H,17,19). The summed E-state index contributed by atoms with van der Waals surface area (Å²) in [6.07, 6.45) is 1.73. The van der Waals surface area contributed by atoms with Crippen molar-refractivity contribution in [2.75, 3.05) is 18.5 Å². The molecular formula is C15H22N2O3. The number of fused-ring (bicyclic) bond motifs is 1. The molecule has 0 radical (unpaired) electrons. The molecule has 2 rings (SSSR count). The SMILES string of the molecule is CCC(CC)(CO)NCc1ccc2c(c1)NC(=O)CO2. The van der Waals surface area contributed by atoms with Crippen LogP contribution in [0.2, 0.25) is 0 Å². The van der Waals surface area contributed by atoms with Crippen molar-refractivity contribution in [2.45, 2.75) is 38.8 Å². The highest BCUT2D eigenvalue weighted by molar-refractivity contribution is 5.95. The lowest BCUT2D eigenvalue weighted by Crippen LogP contribution is -2.47.